The van der Waals surface area contributed by atoms with E-state index in [4.69, 9.17) is 0 Å². The Morgan fingerprint density at radius 3 is 2.17 bits per heavy atom. The van der Waals surface area contributed by atoms with Gasteiger partial charge in [-0.05, 0) is 0 Å². The van der Waals surface area contributed by atoms with Gasteiger partial charge in [-0.3, -0.25) is 0 Å². The summed E-state index contributed by atoms with van der Waals surface area (Å²) in [5.41, 5.74) is -5.79. The fourth-order valence-electron chi connectivity index (χ4n) is 1.62. The number of alkyl halides is 5. The zero-order valence-corrected chi connectivity index (χ0v) is 12.8. The highest BCUT2D eigenvalue weighted by molar-refractivity contribution is 7.88. The lowest BCUT2D eigenvalue weighted by atomic mass is 10.2. The van der Waals surface area contributed by atoms with Crippen LogP contribution in [0.3, 0.4) is 0 Å². The first-order valence-electron chi connectivity index (χ1n) is 5.64. The number of rotatable bonds is 4. The van der Waals surface area contributed by atoms with Crippen molar-refractivity contribution in [3.05, 3.63) is 12.4 Å². The van der Waals surface area contributed by atoms with Crippen LogP contribution < -0.4 is 8.75 Å². The fourth-order valence-corrected chi connectivity index (χ4v) is 3.68. The maximum atomic E-state index is 12.8. The van der Waals surface area contributed by atoms with Crippen LogP contribution in [0.4, 0.5) is 22.0 Å². The summed E-state index contributed by atoms with van der Waals surface area (Å²) in [5.74, 6) is -3.26. The van der Waals surface area contributed by atoms with Gasteiger partial charge in [0.1, 0.15) is 6.20 Å². The van der Waals surface area contributed by atoms with Crippen LogP contribution in [0.25, 0.3) is 0 Å². The summed E-state index contributed by atoms with van der Waals surface area (Å²) < 4.78 is 113. The topological polar surface area (TPSA) is 89.6 Å². The fraction of sp³-hybridized carbons (Fsp3) is 0.625. The molecule has 2 rings (SSSR count). The van der Waals surface area contributed by atoms with Crippen LogP contribution >= 0.6 is 0 Å². The molecule has 0 spiro atoms. The van der Waals surface area contributed by atoms with Crippen LogP contribution in [0.15, 0.2) is 12.4 Å². The molecule has 15 heteroatoms. The number of hydrogen-bond acceptors (Lipinski definition) is 5. The summed E-state index contributed by atoms with van der Waals surface area (Å²) in [5, 5.41) is 0. The minimum absolute atomic E-state index is 0.0333. The maximum Gasteiger partial charge on any atom is 0.534 e. The smallest absolute Gasteiger partial charge is 0.301 e. The molecule has 0 bridgehead atoms. The van der Waals surface area contributed by atoms with Crippen LogP contribution in [0, 0.1) is 0 Å². The highest BCUT2D eigenvalue weighted by atomic mass is 32.2. The molecule has 1 aromatic rings. The summed E-state index contributed by atoms with van der Waals surface area (Å²) in [4.78, 5) is 0. The van der Waals surface area contributed by atoms with E-state index in [1.807, 2.05) is 0 Å². The van der Waals surface area contributed by atoms with E-state index in [2.05, 4.69) is 4.18 Å². The molecular formula is C8H9F5N3O5S2+. The summed E-state index contributed by atoms with van der Waals surface area (Å²) >= 11 is 0. The Balaban J connectivity index is 2.41. The van der Waals surface area contributed by atoms with Crippen LogP contribution in [0.2, 0.25) is 0 Å². The average molecular weight is 386 g/mol. The lowest BCUT2D eigenvalue weighted by molar-refractivity contribution is -0.673. The van der Waals surface area contributed by atoms with Gasteiger partial charge < -0.3 is 4.18 Å². The predicted molar refractivity (Wildman–Crippen MR) is 62.0 cm³/mol. The number of hydrogen-bond donors (Lipinski definition) is 0. The van der Waals surface area contributed by atoms with Crippen molar-refractivity contribution in [2.45, 2.75) is 11.4 Å². The average Bonchev–Trinajstić information content (AvgIpc) is 2.66. The molecule has 0 unspecified atom stereocenters. The molecule has 0 aromatic carbocycles. The molecule has 0 atom stereocenters. The predicted octanol–water partition coefficient (Wildman–Crippen LogP) is -0.415. The molecule has 2 heterocycles. The van der Waals surface area contributed by atoms with Gasteiger partial charge in [0.2, 0.25) is 0 Å². The molecular weight excluding hydrogens is 377 g/mol. The van der Waals surface area contributed by atoms with E-state index in [1.54, 1.807) is 0 Å². The third-order valence-corrected chi connectivity index (χ3v) is 5.40. The van der Waals surface area contributed by atoms with Gasteiger partial charge in [-0.25, -0.2) is 8.78 Å². The van der Waals surface area contributed by atoms with Gasteiger partial charge in [0.15, 0.2) is 6.20 Å². The third-order valence-electron chi connectivity index (χ3n) is 2.77. The zero-order chi connectivity index (χ0) is 17.8. The first kappa shape index (κ1) is 17.9. The van der Waals surface area contributed by atoms with Gasteiger partial charge in [-0.15, -0.1) is 0 Å². The standard InChI is InChI=1S/C8H9F5N3O5S2/c1-14-2-3-16(6(14)21-22(17,18)8(11,12)13)23(19,20)15-4-7(9,10)5-15/h2-3H,4-5H2,1H3/q+1. The van der Waals surface area contributed by atoms with Gasteiger partial charge in [-0.1, -0.05) is 3.97 Å². The highest BCUT2D eigenvalue weighted by Crippen LogP contribution is 2.31. The summed E-state index contributed by atoms with van der Waals surface area (Å²) in [6.07, 6.45) is 1.56. The third kappa shape index (κ3) is 3.12. The number of imidazole rings is 1. The quantitative estimate of drug-likeness (QED) is 0.304. The Hall–Kier alpha value is -1.48. The summed E-state index contributed by atoms with van der Waals surface area (Å²) in [7, 11) is -9.83. The molecule has 1 aliphatic rings. The summed E-state index contributed by atoms with van der Waals surface area (Å²) in [6.45, 7) is -2.36. The Morgan fingerprint density at radius 2 is 1.74 bits per heavy atom. The molecule has 1 aliphatic heterocycles. The van der Waals surface area contributed by atoms with E-state index in [9.17, 15) is 38.8 Å². The van der Waals surface area contributed by atoms with Gasteiger partial charge in [0.05, 0.1) is 20.1 Å². The minimum atomic E-state index is -6.14. The van der Waals surface area contributed by atoms with E-state index < -0.39 is 50.9 Å². The lowest BCUT2D eigenvalue weighted by Crippen LogP contribution is -2.59. The Kier molecular flexibility index (Phi) is 3.89. The molecule has 0 N–H and O–H groups in total. The maximum absolute atomic E-state index is 12.8. The second kappa shape index (κ2) is 5.01. The van der Waals surface area contributed by atoms with Crippen molar-refractivity contribution in [2.75, 3.05) is 13.1 Å². The van der Waals surface area contributed by atoms with E-state index in [0.717, 1.165) is 13.2 Å². The molecule has 23 heavy (non-hydrogen) atoms. The van der Waals surface area contributed by atoms with Crippen LogP contribution in [0.5, 0.6) is 6.01 Å². The van der Waals surface area contributed by atoms with E-state index in [1.165, 1.54) is 0 Å². The second-order valence-corrected chi connectivity index (χ2v) is 7.95. The van der Waals surface area contributed by atoms with Crippen LogP contribution in [-0.4, -0.2) is 49.6 Å². The zero-order valence-electron chi connectivity index (χ0n) is 11.2. The monoisotopic (exact) mass is 386 g/mol. The van der Waals surface area contributed by atoms with Gasteiger partial charge >= 0.3 is 31.8 Å². The Morgan fingerprint density at radius 1 is 1.22 bits per heavy atom. The van der Waals surface area contributed by atoms with Crippen molar-refractivity contribution in [3.63, 3.8) is 0 Å². The largest absolute Gasteiger partial charge is 0.534 e. The normalized spacial score (nSPS) is 19.4. The van der Waals surface area contributed by atoms with Crippen LogP contribution in [0.1, 0.15) is 0 Å². The number of halogens is 5. The Labute approximate surface area is 127 Å². The van der Waals surface area contributed by atoms with Crippen molar-refractivity contribution in [1.82, 2.24) is 8.28 Å². The highest BCUT2D eigenvalue weighted by Gasteiger charge is 2.55. The van der Waals surface area contributed by atoms with Crippen molar-refractivity contribution in [3.8, 4) is 6.01 Å². The molecule has 0 saturated carbocycles. The van der Waals surface area contributed by atoms with Crippen molar-refractivity contribution in [1.29, 1.82) is 0 Å². The van der Waals surface area contributed by atoms with Gasteiger partial charge in [0, 0.05) is 0 Å². The van der Waals surface area contributed by atoms with E-state index >= 15 is 0 Å². The van der Waals surface area contributed by atoms with Gasteiger partial charge in [0.25, 0.3) is 5.92 Å². The molecule has 0 radical (unpaired) electrons. The van der Waals surface area contributed by atoms with Crippen molar-refractivity contribution < 1.29 is 47.5 Å². The molecule has 1 aromatic heterocycles. The molecule has 1 saturated heterocycles. The molecule has 0 aliphatic carbocycles. The van der Waals surface area contributed by atoms with Gasteiger partial charge in [-0.2, -0.15) is 38.9 Å². The summed E-state index contributed by atoms with van der Waals surface area (Å²) in [6, 6.07) is -1.22. The van der Waals surface area contributed by atoms with Crippen molar-refractivity contribution in [2.24, 2.45) is 7.05 Å². The lowest BCUT2D eigenvalue weighted by Gasteiger charge is -2.35. The van der Waals surface area contributed by atoms with E-state index in [-0.39, 0.29) is 8.28 Å². The van der Waals surface area contributed by atoms with Crippen molar-refractivity contribution >= 4 is 20.3 Å². The first-order valence-corrected chi connectivity index (χ1v) is 8.44. The second-order valence-electron chi connectivity index (χ2n) is 4.60. The Bertz CT molecular complexity index is 821. The molecule has 0 amide bonds. The number of aromatic nitrogens is 2. The van der Waals surface area contributed by atoms with E-state index in [0.29, 0.717) is 10.8 Å². The first-order chi connectivity index (χ1) is 10.2. The number of nitrogens with zero attached hydrogens (tertiary/aromatic N) is 3. The number of aryl methyl sites for hydroxylation is 1. The molecule has 1 fully saturated rings. The van der Waals surface area contributed by atoms with Crippen LogP contribution in [-0.2, 0) is 27.4 Å². The SMILES string of the molecule is C[n+]1ccn(S(=O)(=O)N2CC(F)(F)C2)c1OS(=O)(=O)C(F)(F)F. The minimum Gasteiger partial charge on any atom is -0.301 e. The molecule has 8 nitrogen and oxygen atoms in total. The molecule has 132 valence electrons.